The Labute approximate surface area is 140 Å². The van der Waals surface area contributed by atoms with Gasteiger partial charge < -0.3 is 14.9 Å². The van der Waals surface area contributed by atoms with Crippen molar-refractivity contribution in [2.75, 3.05) is 6.61 Å². The Morgan fingerprint density at radius 3 is 1.88 bits per heavy atom. The molecule has 0 heterocycles. The quantitative estimate of drug-likeness (QED) is 0.591. The van der Waals surface area contributed by atoms with Gasteiger partial charge in [-0.15, -0.1) is 0 Å². The van der Waals surface area contributed by atoms with E-state index in [2.05, 4.69) is 6.58 Å². The average Bonchev–Trinajstić information content (AvgIpc) is 2.41. The largest absolute Gasteiger partial charge is 0.481 e. The van der Waals surface area contributed by atoms with Gasteiger partial charge in [0.15, 0.2) is 0 Å². The molecule has 0 spiro atoms. The molecule has 0 aromatic heterocycles. The molecule has 4 rings (SSSR count). The first-order valence-corrected chi connectivity index (χ1v) is 8.25. The molecule has 0 aromatic carbocycles. The zero-order valence-electron chi connectivity index (χ0n) is 14.2. The van der Waals surface area contributed by atoms with Crippen molar-refractivity contribution in [1.29, 1.82) is 0 Å². The molecule has 0 aromatic rings. The van der Waals surface area contributed by atoms with Crippen LogP contribution in [0.1, 0.15) is 52.4 Å². The average molecular weight is 336 g/mol. The van der Waals surface area contributed by atoms with Gasteiger partial charge in [-0.3, -0.25) is 9.59 Å². The first-order chi connectivity index (χ1) is 11.0. The monoisotopic (exact) mass is 336 g/mol. The number of carbonyl (C=O) groups is 3. The molecule has 4 bridgehead atoms. The van der Waals surface area contributed by atoms with Crippen molar-refractivity contribution in [1.82, 2.24) is 0 Å². The second-order valence-corrected chi connectivity index (χ2v) is 8.90. The van der Waals surface area contributed by atoms with Gasteiger partial charge in [0.1, 0.15) is 0 Å². The van der Waals surface area contributed by atoms with Crippen molar-refractivity contribution in [2.24, 2.45) is 21.7 Å². The van der Waals surface area contributed by atoms with Crippen molar-refractivity contribution in [3.05, 3.63) is 12.2 Å². The summed E-state index contributed by atoms with van der Waals surface area (Å²) in [6.45, 7) is 7.16. The molecule has 0 amide bonds. The van der Waals surface area contributed by atoms with E-state index in [1.54, 1.807) is 6.92 Å². The molecule has 0 saturated heterocycles. The normalized spacial score (nSPS) is 42.6. The highest BCUT2D eigenvalue weighted by Crippen LogP contribution is 2.73. The highest BCUT2D eigenvalue weighted by Gasteiger charge is 2.71. The Bertz CT molecular complexity index is 618. The van der Waals surface area contributed by atoms with Crippen LogP contribution in [0.15, 0.2) is 12.2 Å². The predicted molar refractivity (Wildman–Crippen MR) is 84.2 cm³/mol. The molecular formula is C18H24O6. The maximum atomic E-state index is 12.0. The van der Waals surface area contributed by atoms with Crippen LogP contribution in [0.4, 0.5) is 0 Å². The number of rotatable bonds is 5. The van der Waals surface area contributed by atoms with Gasteiger partial charge in [0.25, 0.3) is 0 Å². The van der Waals surface area contributed by atoms with E-state index in [9.17, 15) is 24.6 Å². The fourth-order valence-corrected chi connectivity index (χ4v) is 6.32. The number of hydrogen-bond acceptors (Lipinski definition) is 4. The minimum atomic E-state index is -1.03. The minimum absolute atomic E-state index is 0.0678. The van der Waals surface area contributed by atoms with Gasteiger partial charge >= 0.3 is 17.9 Å². The molecule has 24 heavy (non-hydrogen) atoms. The number of hydrogen-bond donors (Lipinski definition) is 2. The van der Waals surface area contributed by atoms with E-state index >= 15 is 0 Å². The number of esters is 1. The van der Waals surface area contributed by atoms with Gasteiger partial charge in [-0.2, -0.15) is 0 Å². The summed E-state index contributed by atoms with van der Waals surface area (Å²) in [5, 5.41) is 19.7. The van der Waals surface area contributed by atoms with Gasteiger partial charge in [0.2, 0.25) is 0 Å². The molecule has 4 saturated carbocycles. The van der Waals surface area contributed by atoms with Crippen molar-refractivity contribution in [3.63, 3.8) is 0 Å². The van der Waals surface area contributed by atoms with Gasteiger partial charge in [-0.25, -0.2) is 4.79 Å². The van der Waals surface area contributed by atoms with Crippen LogP contribution >= 0.6 is 0 Å². The van der Waals surface area contributed by atoms with Crippen molar-refractivity contribution in [3.8, 4) is 0 Å². The van der Waals surface area contributed by atoms with E-state index in [1.807, 2.05) is 6.92 Å². The van der Waals surface area contributed by atoms with Gasteiger partial charge in [0.05, 0.1) is 17.4 Å². The molecule has 0 radical (unpaired) electrons. The summed E-state index contributed by atoms with van der Waals surface area (Å²) >= 11 is 0. The smallest absolute Gasteiger partial charge is 0.333 e. The lowest BCUT2D eigenvalue weighted by molar-refractivity contribution is -0.226. The van der Waals surface area contributed by atoms with Gasteiger partial charge in [-0.05, 0) is 50.9 Å². The van der Waals surface area contributed by atoms with E-state index in [0.29, 0.717) is 32.1 Å². The molecule has 2 N–H and O–H groups in total. The highest BCUT2D eigenvalue weighted by atomic mass is 16.5. The van der Waals surface area contributed by atoms with Gasteiger partial charge in [0, 0.05) is 11.0 Å². The molecule has 4 fully saturated rings. The maximum Gasteiger partial charge on any atom is 0.333 e. The van der Waals surface area contributed by atoms with Crippen LogP contribution in [0, 0.1) is 21.7 Å². The molecule has 6 nitrogen and oxygen atoms in total. The van der Waals surface area contributed by atoms with Crippen molar-refractivity contribution in [2.45, 2.75) is 52.4 Å². The zero-order valence-corrected chi connectivity index (χ0v) is 14.2. The van der Waals surface area contributed by atoms with Crippen LogP contribution in [0.5, 0.6) is 0 Å². The Morgan fingerprint density at radius 1 is 0.958 bits per heavy atom. The summed E-state index contributed by atoms with van der Waals surface area (Å²) in [4.78, 5) is 35.9. The molecular weight excluding hydrogens is 312 g/mol. The summed E-state index contributed by atoms with van der Waals surface area (Å²) in [5.74, 6) is -2.35. The predicted octanol–water partition coefficient (Wildman–Crippen LogP) is 2.62. The first-order valence-electron chi connectivity index (χ1n) is 8.25. The molecule has 2 atom stereocenters. The van der Waals surface area contributed by atoms with E-state index in [0.717, 1.165) is 0 Å². The van der Waals surface area contributed by atoms with Crippen LogP contribution in [0.2, 0.25) is 0 Å². The fraction of sp³-hybridized carbons (Fsp3) is 0.722. The van der Waals surface area contributed by atoms with Crippen LogP contribution in [-0.2, 0) is 19.1 Å². The summed E-state index contributed by atoms with van der Waals surface area (Å²) in [7, 11) is 0. The standard InChI is InChI=1S/C18H24O6/c1-11(2)12(19)24-10-16-4-15(3)5-17(7-16,13(20)21)9-18(6-15,8-16)14(22)23/h1,4-10H2,2-3H3,(H,20,21)(H,22,23). The van der Waals surface area contributed by atoms with Crippen molar-refractivity contribution >= 4 is 17.9 Å². The third-order valence-electron chi connectivity index (χ3n) is 6.20. The fourth-order valence-electron chi connectivity index (χ4n) is 6.32. The Hall–Kier alpha value is -1.85. The zero-order chi connectivity index (χ0) is 18.0. The number of carboxylic acid groups (broad SMARTS) is 2. The summed E-state index contributed by atoms with van der Waals surface area (Å²) in [6, 6.07) is 0. The Kier molecular flexibility index (Phi) is 3.42. The lowest BCUT2D eigenvalue weighted by Gasteiger charge is -2.67. The Balaban J connectivity index is 1.99. The van der Waals surface area contributed by atoms with Crippen LogP contribution in [0.3, 0.4) is 0 Å². The molecule has 4 aliphatic carbocycles. The van der Waals surface area contributed by atoms with Gasteiger partial charge in [-0.1, -0.05) is 13.5 Å². The Morgan fingerprint density at radius 2 is 1.46 bits per heavy atom. The summed E-state index contributed by atoms with van der Waals surface area (Å²) in [6.07, 6.45) is 2.64. The van der Waals surface area contributed by atoms with Crippen molar-refractivity contribution < 1.29 is 29.3 Å². The number of ether oxygens (including phenoxy) is 1. The topological polar surface area (TPSA) is 101 Å². The third-order valence-corrected chi connectivity index (χ3v) is 6.20. The molecule has 132 valence electrons. The molecule has 0 aliphatic heterocycles. The summed E-state index contributed by atoms with van der Waals surface area (Å²) in [5.41, 5.74) is -2.70. The second-order valence-electron chi connectivity index (χ2n) is 8.90. The van der Waals surface area contributed by atoms with Crippen LogP contribution in [0.25, 0.3) is 0 Å². The number of carboxylic acids is 2. The van der Waals surface area contributed by atoms with E-state index < -0.39 is 34.2 Å². The highest BCUT2D eigenvalue weighted by molar-refractivity contribution is 5.87. The third kappa shape index (κ3) is 2.34. The second kappa shape index (κ2) is 4.83. The SMILES string of the molecule is C=C(C)C(=O)OCC12CC3(C)CC(C(=O)O)(C1)CC(C(=O)O)(C3)C2. The lowest BCUT2D eigenvalue weighted by Crippen LogP contribution is -2.65. The molecule has 2 unspecified atom stereocenters. The first kappa shape index (κ1) is 17.0. The lowest BCUT2D eigenvalue weighted by atomic mass is 9.36. The summed E-state index contributed by atoms with van der Waals surface area (Å²) < 4.78 is 5.36. The minimum Gasteiger partial charge on any atom is -0.481 e. The molecule has 4 aliphatic rings. The number of carbonyl (C=O) groups excluding carboxylic acids is 1. The molecule has 6 heteroatoms. The van der Waals surface area contributed by atoms with E-state index in [4.69, 9.17) is 4.74 Å². The number of aliphatic carboxylic acids is 2. The van der Waals surface area contributed by atoms with E-state index in [-0.39, 0.29) is 24.0 Å². The van der Waals surface area contributed by atoms with Crippen LogP contribution in [-0.4, -0.2) is 34.7 Å². The van der Waals surface area contributed by atoms with E-state index in [1.165, 1.54) is 0 Å². The van der Waals surface area contributed by atoms with Crippen LogP contribution < -0.4 is 0 Å². The maximum absolute atomic E-state index is 12.0.